The van der Waals surface area contributed by atoms with Gasteiger partial charge in [0.05, 0.1) is 0 Å². The molecule has 0 atom stereocenters. The van der Waals surface area contributed by atoms with Crippen LogP contribution in [0.15, 0.2) is 66.8 Å². The van der Waals surface area contributed by atoms with Gasteiger partial charge in [0.15, 0.2) is 0 Å². The van der Waals surface area contributed by atoms with Gasteiger partial charge in [-0.3, -0.25) is 6.08 Å². The number of allylic oxidation sites excluding steroid dienone is 4. The number of hydrogen-bond acceptors (Lipinski definition) is 1. The van der Waals surface area contributed by atoms with Crippen molar-refractivity contribution >= 4 is 27.2 Å². The average Bonchev–Trinajstić information content (AvgIpc) is 3.17. The normalized spacial score (nSPS) is 11.1. The minimum Gasteiger partial charge on any atom is -1.00 e. The molecule has 122 valence electrons. The van der Waals surface area contributed by atoms with E-state index in [0.717, 1.165) is 6.42 Å². The van der Waals surface area contributed by atoms with Crippen LogP contribution in [0.5, 0.6) is 0 Å². The molecule has 0 amide bonds. The van der Waals surface area contributed by atoms with Crippen molar-refractivity contribution in [2.24, 2.45) is 0 Å². The van der Waals surface area contributed by atoms with Gasteiger partial charge in [0.1, 0.15) is 0 Å². The van der Waals surface area contributed by atoms with Crippen LogP contribution >= 0.6 is 0 Å². The molecule has 1 aliphatic rings. The van der Waals surface area contributed by atoms with E-state index in [4.69, 9.17) is 0 Å². The number of benzene rings is 2. The van der Waals surface area contributed by atoms with Crippen LogP contribution < -0.4 is 29.7 Å². The van der Waals surface area contributed by atoms with Gasteiger partial charge >= 0.3 is 26.2 Å². The van der Waals surface area contributed by atoms with Crippen molar-refractivity contribution in [2.75, 3.05) is 19.0 Å². The Balaban J connectivity index is 0.000000578. The van der Waals surface area contributed by atoms with E-state index >= 15 is 0 Å². The summed E-state index contributed by atoms with van der Waals surface area (Å²) in [6.07, 6.45) is 10.0. The summed E-state index contributed by atoms with van der Waals surface area (Å²) >= 11 is 0. The van der Waals surface area contributed by atoms with Crippen LogP contribution in [0.25, 0.3) is 21.5 Å². The smallest absolute Gasteiger partial charge is 1.00 e. The summed E-state index contributed by atoms with van der Waals surface area (Å²) in [6, 6.07) is 17.3. The summed E-state index contributed by atoms with van der Waals surface area (Å²) in [4.78, 5) is 2.18. The molecule has 1 nitrogen and oxygen atoms in total. The third-order valence-electron chi connectivity index (χ3n) is 3.68. The fourth-order valence-electron chi connectivity index (χ4n) is 2.70. The molecule has 0 unspecified atom stereocenters. The zero-order valence-corrected chi connectivity index (χ0v) is 17.7. The van der Waals surface area contributed by atoms with Gasteiger partial charge in [-0.1, -0.05) is 35.7 Å². The zero-order valence-electron chi connectivity index (χ0n) is 13.8. The average molecular weight is 436 g/mol. The molecule has 0 aromatic heterocycles. The topological polar surface area (TPSA) is 3.24 Å². The number of fused-ring (bicyclic) bond motifs is 3. The molecule has 0 saturated heterocycles. The van der Waals surface area contributed by atoms with E-state index in [-0.39, 0.29) is 51.0 Å². The Bertz CT molecular complexity index is 809. The maximum atomic E-state index is 2.99. The van der Waals surface area contributed by atoms with Crippen LogP contribution in [0.4, 0.5) is 5.69 Å². The third kappa shape index (κ3) is 5.02. The summed E-state index contributed by atoms with van der Waals surface area (Å²) in [6.45, 7) is 0. The van der Waals surface area contributed by atoms with Crippen LogP contribution in [-0.4, -0.2) is 14.1 Å². The molecule has 0 bridgehead atoms. The second-order valence-electron chi connectivity index (χ2n) is 5.37. The minimum atomic E-state index is 0. The molecule has 1 aliphatic carbocycles. The number of rotatable bonds is 1. The van der Waals surface area contributed by atoms with E-state index in [1.54, 1.807) is 0 Å². The second-order valence-corrected chi connectivity index (χ2v) is 5.37. The Kier molecular flexibility index (Phi) is 10.4. The fraction of sp³-hybridized carbons (Fsp3) is 0.150. The van der Waals surface area contributed by atoms with Gasteiger partial charge in [-0.15, -0.1) is 40.8 Å². The molecular weight excluding hydrogens is 416 g/mol. The van der Waals surface area contributed by atoms with Gasteiger partial charge in [0, 0.05) is 19.8 Å². The molecule has 3 aromatic carbocycles. The first kappa shape index (κ1) is 23.1. The predicted molar refractivity (Wildman–Crippen MR) is 92.9 cm³/mol. The molecule has 0 aliphatic heterocycles. The Morgan fingerprint density at radius 1 is 0.958 bits per heavy atom. The van der Waals surface area contributed by atoms with Gasteiger partial charge in [-0.2, -0.15) is 6.08 Å². The van der Waals surface area contributed by atoms with Crippen LogP contribution in [-0.2, 0) is 26.2 Å². The Labute approximate surface area is 175 Å². The Morgan fingerprint density at radius 2 is 1.67 bits per heavy atom. The van der Waals surface area contributed by atoms with Crippen molar-refractivity contribution in [3.63, 3.8) is 0 Å². The summed E-state index contributed by atoms with van der Waals surface area (Å²) in [7, 11) is 4.19. The van der Waals surface area contributed by atoms with E-state index in [9.17, 15) is 0 Å². The van der Waals surface area contributed by atoms with Crippen LogP contribution in [0, 0.1) is 6.08 Å². The van der Waals surface area contributed by atoms with Crippen molar-refractivity contribution in [3.8, 4) is 0 Å². The third-order valence-corrected chi connectivity index (χ3v) is 3.68. The zero-order chi connectivity index (χ0) is 14.7. The summed E-state index contributed by atoms with van der Waals surface area (Å²) in [5.41, 5.74) is 1.29. The van der Waals surface area contributed by atoms with Gasteiger partial charge < -0.3 is 29.7 Å². The standard InChI is InChI=1S/C15H14N.C5H5.2ClH.Zr/c1-16(2)14-9-5-7-12-10-11-6-3-4-8-13(11)15(12)14;1-2-4-5-3-1;;;/h3-10H,1-2H3;1-3H,4H2;2*1H;/q2*-1;;;+4/p-2. The van der Waals surface area contributed by atoms with E-state index in [0.29, 0.717) is 0 Å². The maximum absolute atomic E-state index is 2.99. The molecule has 3 aromatic rings. The maximum Gasteiger partial charge on any atom is 4.00 e. The largest absolute Gasteiger partial charge is 4.00 e. The van der Waals surface area contributed by atoms with Crippen LogP contribution in [0.2, 0.25) is 0 Å². The molecule has 0 heterocycles. The molecule has 0 N–H and O–H groups in total. The van der Waals surface area contributed by atoms with Crippen LogP contribution in [0.3, 0.4) is 0 Å². The molecule has 4 rings (SSSR count). The Morgan fingerprint density at radius 3 is 2.25 bits per heavy atom. The number of halogens is 2. The monoisotopic (exact) mass is 433 g/mol. The minimum absolute atomic E-state index is 0. The fourth-order valence-corrected chi connectivity index (χ4v) is 2.70. The van der Waals surface area contributed by atoms with Gasteiger partial charge in [0.2, 0.25) is 0 Å². The molecule has 0 fully saturated rings. The summed E-state index contributed by atoms with van der Waals surface area (Å²) < 4.78 is 0. The first-order valence-electron chi connectivity index (χ1n) is 7.23. The van der Waals surface area contributed by atoms with Gasteiger partial charge in [-0.05, 0) is 0 Å². The van der Waals surface area contributed by atoms with E-state index in [1.807, 2.05) is 12.2 Å². The summed E-state index contributed by atoms with van der Waals surface area (Å²) in [5.74, 6) is 0. The predicted octanol–water partition coefficient (Wildman–Crippen LogP) is -0.911. The second kappa shape index (κ2) is 10.8. The van der Waals surface area contributed by atoms with Crippen molar-refractivity contribution in [1.82, 2.24) is 0 Å². The first-order valence-corrected chi connectivity index (χ1v) is 7.23. The molecular formula is C20H19Cl2NZr. The molecule has 0 spiro atoms. The van der Waals surface area contributed by atoms with Crippen LogP contribution in [0.1, 0.15) is 6.42 Å². The van der Waals surface area contributed by atoms with E-state index < -0.39 is 0 Å². The van der Waals surface area contributed by atoms with Gasteiger partial charge in [0.25, 0.3) is 0 Å². The molecule has 0 saturated carbocycles. The van der Waals surface area contributed by atoms with E-state index in [1.165, 1.54) is 27.2 Å². The molecule has 4 heteroatoms. The van der Waals surface area contributed by atoms with Crippen molar-refractivity contribution in [2.45, 2.75) is 6.42 Å². The number of nitrogens with zero attached hydrogens (tertiary/aromatic N) is 1. The quantitative estimate of drug-likeness (QED) is 0.448. The molecule has 0 radical (unpaired) electrons. The Hall–Kier alpha value is -0.947. The van der Waals surface area contributed by atoms with Gasteiger partial charge in [-0.25, -0.2) is 12.2 Å². The van der Waals surface area contributed by atoms with Crippen molar-refractivity contribution in [3.05, 3.63) is 72.8 Å². The van der Waals surface area contributed by atoms with Crippen molar-refractivity contribution < 1.29 is 51.0 Å². The van der Waals surface area contributed by atoms with Crippen molar-refractivity contribution in [1.29, 1.82) is 0 Å². The molecule has 24 heavy (non-hydrogen) atoms. The number of hydrogen-bond donors (Lipinski definition) is 0. The first-order chi connectivity index (χ1) is 10.3. The number of anilines is 1. The van der Waals surface area contributed by atoms with E-state index in [2.05, 4.69) is 79.7 Å². The summed E-state index contributed by atoms with van der Waals surface area (Å²) in [5, 5.41) is 5.36. The SMILES string of the molecule is CN(C)c1cccc2[cH-]c3ccccc3c12.[C-]1=CC=CC1.[Cl-].[Cl-].[Zr+4].